The second kappa shape index (κ2) is 10.6. The fourth-order valence-corrected chi connectivity index (χ4v) is 4.37. The Labute approximate surface area is 184 Å². The van der Waals surface area contributed by atoms with Crippen LogP contribution in [-0.2, 0) is 4.79 Å². The molecular weight excluding hydrogens is 404 g/mol. The van der Waals surface area contributed by atoms with Crippen molar-refractivity contribution in [3.05, 3.63) is 34.9 Å². The number of carbonyl (C=O) groups is 2. The fourth-order valence-electron chi connectivity index (χ4n) is 4.24. The van der Waals surface area contributed by atoms with E-state index in [9.17, 15) is 14.7 Å². The monoisotopic (exact) mass is 436 g/mol. The molecule has 0 radical (unpaired) electrons. The Kier molecular flexibility index (Phi) is 8.11. The SMILES string of the molecule is CN1CCN(C[C@H](O)CN(C)C(=O)[C@@H]2CCCN(C(=O)c3ccc(Cl)cc3)C2)CC1. The molecule has 2 aliphatic rings. The first kappa shape index (κ1) is 23.0. The summed E-state index contributed by atoms with van der Waals surface area (Å²) in [5.74, 6) is -0.293. The Morgan fingerprint density at radius 2 is 1.83 bits per heavy atom. The lowest BCUT2D eigenvalue weighted by molar-refractivity contribution is -0.137. The number of carbonyl (C=O) groups excluding carboxylic acids is 2. The summed E-state index contributed by atoms with van der Waals surface area (Å²) in [7, 11) is 3.85. The van der Waals surface area contributed by atoms with Gasteiger partial charge in [0.05, 0.1) is 12.0 Å². The number of amides is 2. The maximum atomic E-state index is 13.0. The number of piperazine rings is 1. The first-order chi connectivity index (χ1) is 14.3. The van der Waals surface area contributed by atoms with Gasteiger partial charge in [0.1, 0.15) is 0 Å². The molecule has 166 valence electrons. The maximum absolute atomic E-state index is 13.0. The van der Waals surface area contributed by atoms with Crippen LogP contribution in [0.25, 0.3) is 0 Å². The van der Waals surface area contributed by atoms with Crippen molar-refractivity contribution < 1.29 is 14.7 Å². The Hall–Kier alpha value is -1.67. The molecule has 1 N–H and O–H groups in total. The molecule has 2 fully saturated rings. The molecule has 1 aromatic carbocycles. The van der Waals surface area contributed by atoms with Gasteiger partial charge >= 0.3 is 0 Å². The van der Waals surface area contributed by atoms with E-state index in [0.29, 0.717) is 36.8 Å². The van der Waals surface area contributed by atoms with Crippen LogP contribution in [-0.4, -0.2) is 109 Å². The summed E-state index contributed by atoms with van der Waals surface area (Å²) in [5, 5.41) is 11.1. The van der Waals surface area contributed by atoms with Crippen LogP contribution in [0.15, 0.2) is 24.3 Å². The van der Waals surface area contributed by atoms with Crippen LogP contribution in [0.5, 0.6) is 0 Å². The molecule has 7 nitrogen and oxygen atoms in total. The predicted molar refractivity (Wildman–Crippen MR) is 118 cm³/mol. The highest BCUT2D eigenvalue weighted by atomic mass is 35.5. The summed E-state index contributed by atoms with van der Waals surface area (Å²) in [4.78, 5) is 33.6. The zero-order valence-corrected chi connectivity index (χ0v) is 18.7. The van der Waals surface area contributed by atoms with Crippen LogP contribution in [0.2, 0.25) is 5.02 Å². The van der Waals surface area contributed by atoms with Gasteiger partial charge in [-0.25, -0.2) is 0 Å². The molecule has 0 aliphatic carbocycles. The quantitative estimate of drug-likeness (QED) is 0.727. The molecule has 0 saturated carbocycles. The maximum Gasteiger partial charge on any atom is 0.253 e. The van der Waals surface area contributed by atoms with Gasteiger partial charge in [0.2, 0.25) is 5.91 Å². The van der Waals surface area contributed by atoms with Crippen LogP contribution in [0, 0.1) is 5.92 Å². The Morgan fingerprint density at radius 1 is 1.17 bits per heavy atom. The molecular formula is C22H33ClN4O3. The Morgan fingerprint density at radius 3 is 2.50 bits per heavy atom. The van der Waals surface area contributed by atoms with E-state index in [1.807, 2.05) is 0 Å². The average Bonchev–Trinajstić information content (AvgIpc) is 2.75. The lowest BCUT2D eigenvalue weighted by Crippen LogP contribution is -2.50. The van der Waals surface area contributed by atoms with Crippen LogP contribution in [0.4, 0.5) is 0 Å². The van der Waals surface area contributed by atoms with Gasteiger partial charge < -0.3 is 19.8 Å². The summed E-state index contributed by atoms with van der Waals surface area (Å²) in [6.07, 6.45) is 0.994. The summed E-state index contributed by atoms with van der Waals surface area (Å²) in [5.41, 5.74) is 0.587. The molecule has 2 heterocycles. The normalized spacial score (nSPS) is 22.0. The average molecular weight is 437 g/mol. The van der Waals surface area contributed by atoms with E-state index in [1.54, 1.807) is 41.1 Å². The zero-order valence-electron chi connectivity index (χ0n) is 18.0. The van der Waals surface area contributed by atoms with Crippen LogP contribution in [0.3, 0.4) is 0 Å². The molecule has 8 heteroatoms. The predicted octanol–water partition coefficient (Wildman–Crippen LogP) is 1.26. The standard InChI is InChI=1S/C22H33ClN4O3/c1-24-10-12-26(13-11-24)16-20(28)15-25(2)21(29)18-4-3-9-27(14-18)22(30)17-5-7-19(23)8-6-17/h5-8,18,20,28H,3-4,9-16H2,1-2H3/t18-,20-/m1/s1. The van der Waals surface area contributed by atoms with E-state index in [0.717, 1.165) is 39.0 Å². The van der Waals surface area contributed by atoms with Gasteiger partial charge in [0, 0.05) is 70.0 Å². The van der Waals surface area contributed by atoms with Crippen LogP contribution in [0.1, 0.15) is 23.2 Å². The Bertz CT molecular complexity index is 722. The van der Waals surface area contributed by atoms with Gasteiger partial charge in [-0.3, -0.25) is 14.5 Å². The van der Waals surface area contributed by atoms with Crippen molar-refractivity contribution in [1.82, 2.24) is 19.6 Å². The minimum absolute atomic E-state index is 0.000957. The topological polar surface area (TPSA) is 67.3 Å². The third kappa shape index (κ3) is 6.17. The third-order valence-corrected chi connectivity index (χ3v) is 6.33. The highest BCUT2D eigenvalue weighted by molar-refractivity contribution is 6.30. The van der Waals surface area contributed by atoms with E-state index < -0.39 is 6.10 Å². The van der Waals surface area contributed by atoms with Gasteiger partial charge in [-0.1, -0.05) is 11.6 Å². The van der Waals surface area contributed by atoms with Gasteiger partial charge in [-0.05, 0) is 44.2 Å². The molecule has 3 rings (SSSR count). The third-order valence-electron chi connectivity index (χ3n) is 6.07. The molecule has 2 saturated heterocycles. The minimum Gasteiger partial charge on any atom is -0.390 e. The number of aliphatic hydroxyl groups excluding tert-OH is 1. The van der Waals surface area contributed by atoms with Gasteiger partial charge in [-0.2, -0.15) is 0 Å². The molecule has 2 aliphatic heterocycles. The molecule has 2 amide bonds. The highest BCUT2D eigenvalue weighted by Crippen LogP contribution is 2.21. The van der Waals surface area contributed by atoms with Gasteiger partial charge in [0.15, 0.2) is 0 Å². The van der Waals surface area contributed by atoms with Crippen molar-refractivity contribution in [3.8, 4) is 0 Å². The smallest absolute Gasteiger partial charge is 0.253 e. The van der Waals surface area contributed by atoms with Crippen molar-refractivity contribution in [1.29, 1.82) is 0 Å². The van der Waals surface area contributed by atoms with Crippen LogP contribution >= 0.6 is 11.6 Å². The van der Waals surface area contributed by atoms with Crippen molar-refractivity contribution in [2.75, 3.05) is 66.5 Å². The van der Waals surface area contributed by atoms with Crippen molar-refractivity contribution >= 4 is 23.4 Å². The number of β-amino-alcohol motifs (C(OH)–C–C–N with tert-alkyl or cyclic N) is 1. The number of halogens is 1. The number of hydrogen-bond acceptors (Lipinski definition) is 5. The Balaban J connectivity index is 1.50. The molecule has 0 bridgehead atoms. The molecule has 1 aromatic rings. The fraction of sp³-hybridized carbons (Fsp3) is 0.636. The molecule has 30 heavy (non-hydrogen) atoms. The summed E-state index contributed by atoms with van der Waals surface area (Å²) in [6.45, 7) is 5.84. The minimum atomic E-state index is -0.572. The lowest BCUT2D eigenvalue weighted by atomic mass is 9.96. The largest absolute Gasteiger partial charge is 0.390 e. The van der Waals surface area contributed by atoms with E-state index >= 15 is 0 Å². The number of benzene rings is 1. The summed E-state index contributed by atoms with van der Waals surface area (Å²) in [6, 6.07) is 6.85. The zero-order chi connectivity index (χ0) is 21.7. The molecule has 2 atom stereocenters. The van der Waals surface area contributed by atoms with Gasteiger partial charge in [-0.15, -0.1) is 0 Å². The lowest BCUT2D eigenvalue weighted by Gasteiger charge is -2.36. The number of likely N-dealkylation sites (tertiary alicyclic amines) is 1. The number of likely N-dealkylation sites (N-methyl/N-ethyl adjacent to an activating group) is 2. The van der Waals surface area contributed by atoms with Crippen molar-refractivity contribution in [3.63, 3.8) is 0 Å². The second-order valence-corrected chi connectivity index (χ2v) is 9.01. The van der Waals surface area contributed by atoms with E-state index in [2.05, 4.69) is 16.8 Å². The van der Waals surface area contributed by atoms with E-state index in [-0.39, 0.29) is 17.7 Å². The summed E-state index contributed by atoms with van der Waals surface area (Å²) < 4.78 is 0. The molecule has 0 aromatic heterocycles. The highest BCUT2D eigenvalue weighted by Gasteiger charge is 2.31. The number of nitrogens with zero attached hydrogens (tertiary/aromatic N) is 4. The number of aliphatic hydroxyl groups is 1. The van der Waals surface area contributed by atoms with E-state index in [1.165, 1.54) is 0 Å². The summed E-state index contributed by atoms with van der Waals surface area (Å²) >= 11 is 5.91. The van der Waals surface area contributed by atoms with Crippen molar-refractivity contribution in [2.24, 2.45) is 5.92 Å². The number of hydrogen-bond donors (Lipinski definition) is 1. The van der Waals surface area contributed by atoms with Crippen molar-refractivity contribution in [2.45, 2.75) is 18.9 Å². The molecule has 0 unspecified atom stereocenters. The second-order valence-electron chi connectivity index (χ2n) is 8.57. The first-order valence-electron chi connectivity index (χ1n) is 10.7. The first-order valence-corrected chi connectivity index (χ1v) is 11.1. The molecule has 0 spiro atoms. The van der Waals surface area contributed by atoms with Gasteiger partial charge in [0.25, 0.3) is 5.91 Å². The van der Waals surface area contributed by atoms with Crippen LogP contribution < -0.4 is 0 Å². The number of piperidine rings is 1. The number of rotatable bonds is 6. The van der Waals surface area contributed by atoms with E-state index in [4.69, 9.17) is 11.6 Å².